The van der Waals surface area contributed by atoms with Gasteiger partial charge in [-0.3, -0.25) is 14.3 Å². The molecule has 1 aliphatic carbocycles. The first-order valence-corrected chi connectivity index (χ1v) is 13.2. The first-order chi connectivity index (χ1) is 18.2. The lowest BCUT2D eigenvalue weighted by molar-refractivity contribution is -0.132. The lowest BCUT2D eigenvalue weighted by atomic mass is 10.0. The molecule has 1 aromatic heterocycles. The molecule has 3 heterocycles. The van der Waals surface area contributed by atoms with Crippen molar-refractivity contribution in [3.63, 3.8) is 0 Å². The number of piperazine rings is 1. The first-order valence-electron chi connectivity index (χ1n) is 13.2. The molecule has 8 nitrogen and oxygen atoms in total. The van der Waals surface area contributed by atoms with Crippen LogP contribution in [0.25, 0.3) is 0 Å². The van der Waals surface area contributed by atoms with E-state index in [1.807, 2.05) is 6.07 Å². The summed E-state index contributed by atoms with van der Waals surface area (Å²) in [6.45, 7) is 6.22. The van der Waals surface area contributed by atoms with Gasteiger partial charge in [-0.1, -0.05) is 12.1 Å². The van der Waals surface area contributed by atoms with E-state index in [0.29, 0.717) is 38.3 Å². The van der Waals surface area contributed by atoms with Gasteiger partial charge in [0.1, 0.15) is 12.7 Å². The van der Waals surface area contributed by atoms with Crippen molar-refractivity contribution in [2.24, 2.45) is 0 Å². The molecule has 0 bridgehead atoms. The van der Waals surface area contributed by atoms with Crippen molar-refractivity contribution in [3.05, 3.63) is 46.3 Å². The highest BCUT2D eigenvalue weighted by atomic mass is 19.3. The summed E-state index contributed by atoms with van der Waals surface area (Å²) in [6, 6.07) is 6.18. The number of halogens is 3. The van der Waals surface area contributed by atoms with Gasteiger partial charge >= 0.3 is 0 Å². The van der Waals surface area contributed by atoms with E-state index < -0.39 is 30.5 Å². The van der Waals surface area contributed by atoms with Crippen LogP contribution in [0.15, 0.2) is 18.2 Å². The van der Waals surface area contributed by atoms with E-state index in [-0.39, 0.29) is 49.6 Å². The van der Waals surface area contributed by atoms with Crippen molar-refractivity contribution in [2.45, 2.75) is 64.3 Å². The summed E-state index contributed by atoms with van der Waals surface area (Å²) in [6.07, 6.45) is -4.89. The Morgan fingerprint density at radius 1 is 1.08 bits per heavy atom. The fourth-order valence-electron chi connectivity index (χ4n) is 5.87. The molecule has 0 radical (unpaired) electrons. The number of aliphatic hydroxyl groups is 1. The van der Waals surface area contributed by atoms with Gasteiger partial charge in [0.25, 0.3) is 5.91 Å². The number of aromatic nitrogens is 2. The van der Waals surface area contributed by atoms with E-state index in [1.165, 1.54) is 20.7 Å². The summed E-state index contributed by atoms with van der Waals surface area (Å²) in [4.78, 5) is 31.7. The second kappa shape index (κ2) is 10.6. The Labute approximate surface area is 220 Å². The number of hydrogen-bond acceptors (Lipinski definition) is 5. The molecular weight excluding hydrogens is 499 g/mol. The van der Waals surface area contributed by atoms with Crippen molar-refractivity contribution < 1.29 is 27.9 Å². The number of amides is 2. The molecule has 1 N–H and O–H groups in total. The summed E-state index contributed by atoms with van der Waals surface area (Å²) < 4.78 is 43.2. The molecule has 2 fully saturated rings. The molecule has 2 saturated heterocycles. The van der Waals surface area contributed by atoms with Gasteiger partial charge in [0, 0.05) is 55.6 Å². The predicted octanol–water partition coefficient (Wildman–Crippen LogP) is 2.69. The van der Waals surface area contributed by atoms with Gasteiger partial charge in [-0.15, -0.1) is 0 Å². The molecule has 1 aromatic carbocycles. The van der Waals surface area contributed by atoms with Crippen LogP contribution in [0.4, 0.5) is 18.9 Å². The number of carbonyl (C=O) groups excluding carboxylic acids is 2. The topological polar surface area (TPSA) is 81.9 Å². The lowest BCUT2D eigenvalue weighted by Gasteiger charge is -2.37. The average Bonchev–Trinajstić information content (AvgIpc) is 3.48. The maximum Gasteiger partial charge on any atom is 0.274 e. The molecule has 2 aromatic rings. The largest absolute Gasteiger partial charge is 0.390 e. The SMILES string of the molecule is Cc1cccc(N2CCN(C(=O)Cn3nc(C(=O)N4CC[C@H](O)[C@H](F)C4)c4c3CC[C@H]4C(F)F)CC2)c1C. The number of nitrogens with zero attached hydrogens (tertiary/aromatic N) is 5. The van der Waals surface area contributed by atoms with Crippen molar-refractivity contribution in [1.82, 2.24) is 19.6 Å². The quantitative estimate of drug-likeness (QED) is 0.639. The number of rotatable bonds is 5. The van der Waals surface area contributed by atoms with Crippen molar-refractivity contribution in [1.29, 1.82) is 0 Å². The Kier molecular flexibility index (Phi) is 7.39. The van der Waals surface area contributed by atoms with Gasteiger partial charge in [-0.05, 0) is 50.3 Å². The van der Waals surface area contributed by atoms with Crippen LogP contribution < -0.4 is 4.90 Å². The molecule has 0 spiro atoms. The number of aliphatic hydroxyl groups excluding tert-OH is 1. The van der Waals surface area contributed by atoms with Gasteiger partial charge in [0.15, 0.2) is 5.69 Å². The highest BCUT2D eigenvalue weighted by molar-refractivity contribution is 5.94. The highest BCUT2D eigenvalue weighted by Crippen LogP contribution is 2.40. The second-order valence-corrected chi connectivity index (χ2v) is 10.6. The van der Waals surface area contributed by atoms with Gasteiger partial charge < -0.3 is 19.8 Å². The molecule has 5 rings (SSSR count). The van der Waals surface area contributed by atoms with E-state index in [0.717, 1.165) is 5.69 Å². The standard InChI is InChI=1S/C27H34F3N5O3/c1-16-4-3-5-20(17(16)2)32-10-12-33(13-11-32)23(37)15-35-21-7-6-18(26(29)30)24(21)25(31-35)27(38)34-9-8-22(36)19(28)14-34/h3-5,18-19,22,26,36H,6-15H2,1-2H3/t18-,19-,22+/m1/s1. The smallest absolute Gasteiger partial charge is 0.274 e. The third kappa shape index (κ3) is 4.88. The van der Waals surface area contributed by atoms with Crippen LogP contribution in [0.1, 0.15) is 51.6 Å². The fraction of sp³-hybridized carbons (Fsp3) is 0.593. The average molecular weight is 534 g/mol. The summed E-state index contributed by atoms with van der Waals surface area (Å²) in [7, 11) is 0. The Morgan fingerprint density at radius 3 is 2.50 bits per heavy atom. The van der Waals surface area contributed by atoms with Crippen LogP contribution in [0, 0.1) is 13.8 Å². The Hall–Kier alpha value is -3.08. The zero-order valence-corrected chi connectivity index (χ0v) is 21.7. The van der Waals surface area contributed by atoms with E-state index in [2.05, 4.69) is 36.0 Å². The van der Waals surface area contributed by atoms with E-state index in [9.17, 15) is 27.9 Å². The van der Waals surface area contributed by atoms with E-state index >= 15 is 0 Å². The molecule has 3 atom stereocenters. The van der Waals surface area contributed by atoms with Gasteiger partial charge in [-0.25, -0.2) is 13.2 Å². The number of piperidine rings is 1. The van der Waals surface area contributed by atoms with Crippen LogP contribution in [0.2, 0.25) is 0 Å². The number of likely N-dealkylation sites (tertiary alicyclic amines) is 1. The number of anilines is 1. The molecule has 3 aliphatic rings. The molecule has 206 valence electrons. The number of fused-ring (bicyclic) bond motifs is 1. The second-order valence-electron chi connectivity index (χ2n) is 10.6. The van der Waals surface area contributed by atoms with Gasteiger partial charge in [0.2, 0.25) is 12.3 Å². The highest BCUT2D eigenvalue weighted by Gasteiger charge is 2.41. The normalized spacial score (nSPS) is 23.8. The van der Waals surface area contributed by atoms with Crippen molar-refractivity contribution >= 4 is 17.5 Å². The summed E-state index contributed by atoms with van der Waals surface area (Å²) in [5.41, 5.74) is 4.12. The van der Waals surface area contributed by atoms with Crippen LogP contribution in [-0.2, 0) is 17.8 Å². The Morgan fingerprint density at radius 2 is 1.82 bits per heavy atom. The Balaban J connectivity index is 1.31. The molecule has 2 aliphatic heterocycles. The van der Waals surface area contributed by atoms with Crippen molar-refractivity contribution in [3.8, 4) is 0 Å². The third-order valence-electron chi connectivity index (χ3n) is 8.30. The molecule has 2 amide bonds. The predicted molar refractivity (Wildman–Crippen MR) is 135 cm³/mol. The number of aryl methyl sites for hydroxylation is 1. The third-order valence-corrected chi connectivity index (χ3v) is 8.30. The zero-order chi connectivity index (χ0) is 27.1. The first kappa shape index (κ1) is 26.5. The monoisotopic (exact) mass is 533 g/mol. The minimum atomic E-state index is -2.67. The number of benzene rings is 1. The zero-order valence-electron chi connectivity index (χ0n) is 21.7. The molecule has 0 unspecified atom stereocenters. The fourth-order valence-corrected chi connectivity index (χ4v) is 5.87. The number of carbonyl (C=O) groups is 2. The molecule has 11 heteroatoms. The minimum absolute atomic E-state index is 0.0701. The van der Waals surface area contributed by atoms with Crippen LogP contribution in [0.5, 0.6) is 0 Å². The van der Waals surface area contributed by atoms with E-state index in [1.54, 1.807) is 4.90 Å². The van der Waals surface area contributed by atoms with Crippen LogP contribution in [0.3, 0.4) is 0 Å². The molecular formula is C27H34F3N5O3. The van der Waals surface area contributed by atoms with Gasteiger partial charge in [0.05, 0.1) is 12.6 Å². The van der Waals surface area contributed by atoms with Crippen LogP contribution in [-0.4, -0.2) is 94.5 Å². The van der Waals surface area contributed by atoms with Gasteiger partial charge in [-0.2, -0.15) is 5.10 Å². The summed E-state index contributed by atoms with van der Waals surface area (Å²) in [5, 5.41) is 14.0. The number of hydrogen-bond donors (Lipinski definition) is 1. The maximum atomic E-state index is 14.1. The minimum Gasteiger partial charge on any atom is -0.390 e. The van der Waals surface area contributed by atoms with Crippen molar-refractivity contribution in [2.75, 3.05) is 44.2 Å². The lowest BCUT2D eigenvalue weighted by Crippen LogP contribution is -2.50. The number of alkyl halides is 3. The maximum absolute atomic E-state index is 14.1. The molecule has 0 saturated carbocycles. The Bertz CT molecular complexity index is 1210. The van der Waals surface area contributed by atoms with Crippen LogP contribution >= 0.6 is 0 Å². The summed E-state index contributed by atoms with van der Waals surface area (Å²) >= 11 is 0. The summed E-state index contributed by atoms with van der Waals surface area (Å²) in [5.74, 6) is -1.96. The molecule has 38 heavy (non-hydrogen) atoms. The van der Waals surface area contributed by atoms with E-state index in [4.69, 9.17) is 0 Å².